The van der Waals surface area contributed by atoms with E-state index in [2.05, 4.69) is 38.0 Å². The minimum atomic E-state index is -0.385. The Labute approximate surface area is 124 Å². The normalized spacial score (nSPS) is 11.9. The number of benzene rings is 1. The molecular weight excluding hydrogens is 266 g/mol. The summed E-state index contributed by atoms with van der Waals surface area (Å²) in [5, 5.41) is 15.3. The van der Waals surface area contributed by atoms with Crippen molar-refractivity contribution in [2.75, 3.05) is 11.9 Å². The van der Waals surface area contributed by atoms with Crippen molar-refractivity contribution in [2.45, 2.75) is 27.7 Å². The van der Waals surface area contributed by atoms with E-state index in [4.69, 9.17) is 0 Å². The summed E-state index contributed by atoms with van der Waals surface area (Å²) in [6, 6.07) is 7.47. The zero-order valence-corrected chi connectivity index (χ0v) is 12.9. The van der Waals surface area contributed by atoms with Crippen molar-refractivity contribution in [3.63, 3.8) is 0 Å². The number of nitrogens with one attached hydrogen (secondary N) is 1. The van der Waals surface area contributed by atoms with Gasteiger partial charge < -0.3 is 5.32 Å². The van der Waals surface area contributed by atoms with Crippen molar-refractivity contribution in [3.05, 3.63) is 40.6 Å². The Morgan fingerprint density at radius 2 is 2.00 bits per heavy atom. The van der Waals surface area contributed by atoms with Gasteiger partial charge in [0.1, 0.15) is 11.9 Å². The zero-order chi connectivity index (χ0) is 15.6. The third-order valence-electron chi connectivity index (χ3n) is 4.24. The van der Waals surface area contributed by atoms with Crippen LogP contribution >= 0.6 is 0 Å². The van der Waals surface area contributed by atoms with Crippen molar-refractivity contribution in [2.24, 2.45) is 11.3 Å². The van der Waals surface area contributed by atoms with Crippen molar-refractivity contribution in [1.29, 1.82) is 0 Å². The molecule has 0 spiro atoms. The first-order chi connectivity index (χ1) is 9.83. The number of hydrogen-bond donors (Lipinski definition) is 1. The lowest BCUT2D eigenvalue weighted by atomic mass is 9.81. The van der Waals surface area contributed by atoms with Crippen LogP contribution in [0.15, 0.2) is 30.5 Å². The highest BCUT2D eigenvalue weighted by atomic mass is 16.6. The number of nitro groups is 1. The molecule has 5 heteroatoms. The average Bonchev–Trinajstić information content (AvgIpc) is 2.44. The van der Waals surface area contributed by atoms with Gasteiger partial charge >= 0.3 is 5.69 Å². The lowest BCUT2D eigenvalue weighted by molar-refractivity contribution is -0.384. The Hall–Kier alpha value is -2.17. The van der Waals surface area contributed by atoms with Crippen LogP contribution in [0.25, 0.3) is 10.9 Å². The van der Waals surface area contributed by atoms with Gasteiger partial charge in [0, 0.05) is 11.9 Å². The predicted molar refractivity (Wildman–Crippen MR) is 85.5 cm³/mol. The molecule has 1 N–H and O–H groups in total. The van der Waals surface area contributed by atoms with Crippen LogP contribution < -0.4 is 5.32 Å². The molecule has 1 heterocycles. The number of fused-ring (bicyclic) bond motifs is 1. The summed E-state index contributed by atoms with van der Waals surface area (Å²) in [5.74, 6) is 0.470. The Morgan fingerprint density at radius 3 is 2.62 bits per heavy atom. The van der Waals surface area contributed by atoms with E-state index < -0.39 is 0 Å². The van der Waals surface area contributed by atoms with E-state index in [-0.39, 0.29) is 16.0 Å². The molecule has 1 aromatic carbocycles. The third kappa shape index (κ3) is 3.12. The number of aromatic nitrogens is 1. The highest BCUT2D eigenvalue weighted by Gasteiger charge is 2.25. The summed E-state index contributed by atoms with van der Waals surface area (Å²) in [6.45, 7) is 9.28. The van der Waals surface area contributed by atoms with E-state index in [0.29, 0.717) is 18.2 Å². The van der Waals surface area contributed by atoms with Crippen molar-refractivity contribution in [1.82, 2.24) is 4.98 Å². The minimum absolute atomic E-state index is 0.0215. The quantitative estimate of drug-likeness (QED) is 0.659. The molecule has 0 unspecified atom stereocenters. The smallest absolute Gasteiger partial charge is 0.311 e. The highest BCUT2D eigenvalue weighted by Crippen LogP contribution is 2.33. The minimum Gasteiger partial charge on any atom is -0.378 e. The van der Waals surface area contributed by atoms with Gasteiger partial charge in [-0.25, -0.2) is 4.98 Å². The van der Waals surface area contributed by atoms with Crippen LogP contribution in [0.3, 0.4) is 0 Å². The molecule has 0 aliphatic rings. The van der Waals surface area contributed by atoms with Crippen LogP contribution in [0.4, 0.5) is 11.4 Å². The molecule has 0 aliphatic heterocycles. The SMILES string of the molecule is CC(C)C(C)(C)CNc1c([N+](=O)[O-])cnc2ccccc12. The fourth-order valence-corrected chi connectivity index (χ4v) is 1.98. The largest absolute Gasteiger partial charge is 0.378 e. The second-order valence-corrected chi connectivity index (χ2v) is 6.29. The number of nitrogens with zero attached hydrogens (tertiary/aromatic N) is 2. The Morgan fingerprint density at radius 1 is 1.33 bits per heavy atom. The summed E-state index contributed by atoms with van der Waals surface area (Å²) in [4.78, 5) is 15.0. The lowest BCUT2D eigenvalue weighted by Gasteiger charge is -2.30. The van der Waals surface area contributed by atoms with E-state index >= 15 is 0 Å². The molecule has 0 fully saturated rings. The topological polar surface area (TPSA) is 68.1 Å². The molecule has 0 saturated heterocycles. The van der Waals surface area contributed by atoms with Gasteiger partial charge in [-0.15, -0.1) is 0 Å². The lowest BCUT2D eigenvalue weighted by Crippen LogP contribution is -2.28. The number of anilines is 1. The van der Waals surface area contributed by atoms with Crippen LogP contribution in [-0.2, 0) is 0 Å². The maximum atomic E-state index is 11.2. The first-order valence-electron chi connectivity index (χ1n) is 7.09. The van der Waals surface area contributed by atoms with Gasteiger partial charge in [0.05, 0.1) is 10.4 Å². The Balaban J connectivity index is 2.45. The van der Waals surface area contributed by atoms with E-state index in [9.17, 15) is 10.1 Å². The third-order valence-corrected chi connectivity index (χ3v) is 4.24. The van der Waals surface area contributed by atoms with Gasteiger partial charge in [-0.2, -0.15) is 0 Å². The number of pyridine rings is 1. The molecule has 21 heavy (non-hydrogen) atoms. The monoisotopic (exact) mass is 287 g/mol. The van der Waals surface area contributed by atoms with Crippen molar-refractivity contribution >= 4 is 22.3 Å². The molecule has 0 radical (unpaired) electrons. The van der Waals surface area contributed by atoms with Crippen molar-refractivity contribution in [3.8, 4) is 0 Å². The standard InChI is InChI=1S/C16H21N3O2/c1-11(2)16(3,4)10-18-15-12-7-5-6-8-13(12)17-9-14(15)19(20)21/h5-9,11H,10H2,1-4H3,(H,17,18). The van der Waals surface area contributed by atoms with Crippen LogP contribution in [0.5, 0.6) is 0 Å². The van der Waals surface area contributed by atoms with E-state index in [0.717, 1.165) is 10.9 Å². The number of hydrogen-bond acceptors (Lipinski definition) is 4. The molecule has 1 aromatic heterocycles. The molecule has 112 valence electrons. The predicted octanol–water partition coefficient (Wildman–Crippen LogP) is 4.24. The van der Waals surface area contributed by atoms with Gasteiger partial charge in [-0.1, -0.05) is 45.9 Å². The summed E-state index contributed by atoms with van der Waals surface area (Å²) in [7, 11) is 0. The second kappa shape index (κ2) is 5.68. The fraction of sp³-hybridized carbons (Fsp3) is 0.438. The number of rotatable bonds is 5. The number of para-hydroxylation sites is 1. The highest BCUT2D eigenvalue weighted by molar-refractivity contribution is 5.95. The molecule has 0 amide bonds. The van der Waals surface area contributed by atoms with E-state index in [1.165, 1.54) is 6.20 Å². The van der Waals surface area contributed by atoms with Crippen LogP contribution in [0.2, 0.25) is 0 Å². The van der Waals surface area contributed by atoms with Crippen molar-refractivity contribution < 1.29 is 4.92 Å². The maximum absolute atomic E-state index is 11.2. The second-order valence-electron chi connectivity index (χ2n) is 6.29. The molecule has 5 nitrogen and oxygen atoms in total. The molecule has 0 bridgehead atoms. The van der Waals surface area contributed by atoms with Gasteiger partial charge in [0.2, 0.25) is 0 Å². The zero-order valence-electron chi connectivity index (χ0n) is 12.9. The molecule has 2 rings (SSSR count). The van der Waals surface area contributed by atoms with Gasteiger partial charge in [0.25, 0.3) is 0 Å². The summed E-state index contributed by atoms with van der Waals surface area (Å²) in [5.41, 5.74) is 1.37. The van der Waals surface area contributed by atoms with Gasteiger partial charge in [-0.3, -0.25) is 10.1 Å². The summed E-state index contributed by atoms with van der Waals surface area (Å²) < 4.78 is 0. The first kappa shape index (κ1) is 15.2. The summed E-state index contributed by atoms with van der Waals surface area (Å²) >= 11 is 0. The Bertz CT molecular complexity index is 666. The summed E-state index contributed by atoms with van der Waals surface area (Å²) in [6.07, 6.45) is 1.33. The van der Waals surface area contributed by atoms with Crippen LogP contribution in [0.1, 0.15) is 27.7 Å². The molecule has 0 aliphatic carbocycles. The van der Waals surface area contributed by atoms with Gasteiger partial charge in [0.15, 0.2) is 0 Å². The van der Waals surface area contributed by atoms with Gasteiger partial charge in [-0.05, 0) is 17.4 Å². The molecule has 0 saturated carbocycles. The van der Waals surface area contributed by atoms with Crippen LogP contribution in [0, 0.1) is 21.4 Å². The molecular formula is C16H21N3O2. The van der Waals surface area contributed by atoms with Crippen LogP contribution in [-0.4, -0.2) is 16.5 Å². The Kier molecular flexibility index (Phi) is 4.11. The van der Waals surface area contributed by atoms with E-state index in [1.54, 1.807) is 0 Å². The maximum Gasteiger partial charge on any atom is 0.311 e. The average molecular weight is 287 g/mol. The van der Waals surface area contributed by atoms with E-state index in [1.807, 2.05) is 24.3 Å². The molecule has 0 atom stereocenters. The molecule has 2 aromatic rings. The first-order valence-corrected chi connectivity index (χ1v) is 7.09. The fourth-order valence-electron chi connectivity index (χ4n) is 1.98.